The molecule has 150 valence electrons. The summed E-state index contributed by atoms with van der Waals surface area (Å²) in [4.78, 5) is 23.7. The monoisotopic (exact) mass is 411 g/mol. The standard InChI is InChI=1S/C22H22FN3O2S/c23-13-8-6-12(7-9-13)15-10-16(15)22(27)28-11-18-25-20(24)19-14-4-2-1-3-5-17(14)29-21(19)26-18/h6-9,15-16H,1-5,10-11H2,(H2,24,25,26). The van der Waals surface area contributed by atoms with Crippen molar-refractivity contribution in [2.45, 2.75) is 51.0 Å². The molecule has 7 heteroatoms. The molecule has 5 rings (SSSR count). The average molecular weight is 412 g/mol. The van der Waals surface area contributed by atoms with E-state index < -0.39 is 0 Å². The third kappa shape index (κ3) is 3.59. The van der Waals surface area contributed by atoms with E-state index in [2.05, 4.69) is 9.97 Å². The van der Waals surface area contributed by atoms with Gasteiger partial charge >= 0.3 is 5.97 Å². The van der Waals surface area contributed by atoms with Crippen LogP contribution in [-0.4, -0.2) is 15.9 Å². The molecule has 3 aromatic rings. The molecule has 0 radical (unpaired) electrons. The normalized spacial score (nSPS) is 20.9. The number of hydrogen-bond donors (Lipinski definition) is 1. The number of rotatable bonds is 4. The molecular formula is C22H22FN3O2S. The first-order valence-electron chi connectivity index (χ1n) is 10.1. The Morgan fingerprint density at radius 3 is 2.79 bits per heavy atom. The van der Waals surface area contributed by atoms with Crippen LogP contribution in [0, 0.1) is 11.7 Å². The molecule has 0 saturated heterocycles. The summed E-state index contributed by atoms with van der Waals surface area (Å²) in [6.07, 6.45) is 6.46. The summed E-state index contributed by atoms with van der Waals surface area (Å²) in [5.41, 5.74) is 8.53. The summed E-state index contributed by atoms with van der Waals surface area (Å²) in [5, 5.41) is 0.987. The number of thiophene rings is 1. The van der Waals surface area contributed by atoms with Crippen LogP contribution in [0.15, 0.2) is 24.3 Å². The highest BCUT2D eigenvalue weighted by molar-refractivity contribution is 7.19. The molecule has 1 aromatic carbocycles. The van der Waals surface area contributed by atoms with Gasteiger partial charge in [-0.3, -0.25) is 4.79 Å². The Hall–Kier alpha value is -2.54. The summed E-state index contributed by atoms with van der Waals surface area (Å²) >= 11 is 1.69. The van der Waals surface area contributed by atoms with Crippen molar-refractivity contribution < 1.29 is 13.9 Å². The number of aromatic nitrogens is 2. The summed E-state index contributed by atoms with van der Waals surface area (Å²) in [6, 6.07) is 6.30. The summed E-state index contributed by atoms with van der Waals surface area (Å²) in [6.45, 7) is 0.0220. The van der Waals surface area contributed by atoms with Crippen molar-refractivity contribution in [1.82, 2.24) is 9.97 Å². The first-order valence-corrected chi connectivity index (χ1v) is 10.9. The second kappa shape index (κ2) is 7.37. The molecule has 1 fully saturated rings. The highest BCUT2D eigenvalue weighted by atomic mass is 32.1. The van der Waals surface area contributed by atoms with E-state index in [-0.39, 0.29) is 30.2 Å². The van der Waals surface area contributed by atoms with E-state index in [1.807, 2.05) is 0 Å². The Bertz CT molecular complexity index is 1080. The van der Waals surface area contributed by atoms with Gasteiger partial charge in [0.25, 0.3) is 0 Å². The predicted octanol–water partition coefficient (Wildman–Crippen LogP) is 4.53. The molecule has 2 aliphatic carbocycles. The Labute approximate surface area is 172 Å². The van der Waals surface area contributed by atoms with Crippen molar-refractivity contribution in [1.29, 1.82) is 0 Å². The number of esters is 1. The number of ether oxygens (including phenoxy) is 1. The predicted molar refractivity (Wildman–Crippen MR) is 110 cm³/mol. The highest BCUT2D eigenvalue weighted by Gasteiger charge is 2.45. The lowest BCUT2D eigenvalue weighted by Gasteiger charge is -2.06. The lowest BCUT2D eigenvalue weighted by molar-refractivity contribution is -0.146. The molecule has 1 saturated carbocycles. The maximum atomic E-state index is 13.1. The molecule has 2 N–H and O–H groups in total. The fourth-order valence-corrected chi connectivity index (χ4v) is 5.54. The van der Waals surface area contributed by atoms with Crippen molar-refractivity contribution >= 4 is 33.3 Å². The van der Waals surface area contributed by atoms with Gasteiger partial charge in [-0.05, 0) is 61.3 Å². The van der Waals surface area contributed by atoms with E-state index in [9.17, 15) is 9.18 Å². The molecule has 2 unspecified atom stereocenters. The number of anilines is 1. The number of nitrogen functional groups attached to an aromatic ring is 1. The van der Waals surface area contributed by atoms with Crippen LogP contribution in [0.2, 0.25) is 0 Å². The Balaban J connectivity index is 1.27. The van der Waals surface area contributed by atoms with Crippen molar-refractivity contribution in [3.8, 4) is 0 Å². The van der Waals surface area contributed by atoms with E-state index in [4.69, 9.17) is 10.5 Å². The number of aryl methyl sites for hydroxylation is 2. The number of benzene rings is 1. The van der Waals surface area contributed by atoms with Gasteiger partial charge in [-0.15, -0.1) is 11.3 Å². The molecule has 0 bridgehead atoms. The number of nitrogens with two attached hydrogens (primary N) is 1. The lowest BCUT2D eigenvalue weighted by Crippen LogP contribution is -2.10. The highest BCUT2D eigenvalue weighted by Crippen LogP contribution is 2.48. The molecule has 0 aliphatic heterocycles. The Kier molecular flexibility index (Phi) is 4.70. The van der Waals surface area contributed by atoms with Gasteiger partial charge in [0.2, 0.25) is 0 Å². The van der Waals surface area contributed by atoms with Crippen molar-refractivity contribution in [3.63, 3.8) is 0 Å². The number of halogens is 1. The minimum absolute atomic E-state index is 0.0220. The van der Waals surface area contributed by atoms with Gasteiger partial charge in [-0.25, -0.2) is 14.4 Å². The lowest BCUT2D eigenvalue weighted by atomic mass is 10.1. The molecule has 2 atom stereocenters. The molecule has 0 amide bonds. The van der Waals surface area contributed by atoms with Crippen LogP contribution in [0.3, 0.4) is 0 Å². The first kappa shape index (κ1) is 18.5. The van der Waals surface area contributed by atoms with Crippen LogP contribution in [-0.2, 0) is 29.0 Å². The third-order valence-electron chi connectivity index (χ3n) is 5.87. The van der Waals surface area contributed by atoms with Gasteiger partial charge in [-0.1, -0.05) is 18.6 Å². The van der Waals surface area contributed by atoms with Gasteiger partial charge in [0.1, 0.15) is 16.5 Å². The van der Waals surface area contributed by atoms with Crippen LogP contribution in [0.25, 0.3) is 10.2 Å². The number of carbonyl (C=O) groups is 1. The number of carbonyl (C=O) groups excluding carboxylic acids is 1. The van der Waals surface area contributed by atoms with E-state index in [0.29, 0.717) is 11.6 Å². The Morgan fingerprint density at radius 1 is 1.17 bits per heavy atom. The summed E-state index contributed by atoms with van der Waals surface area (Å²) in [7, 11) is 0. The SMILES string of the molecule is Nc1nc(COC(=O)C2CC2c2ccc(F)cc2)nc2sc3c(c12)CCCCC3. The summed E-state index contributed by atoms with van der Waals surface area (Å²) in [5.74, 6) is 0.312. The van der Waals surface area contributed by atoms with Crippen LogP contribution in [0.4, 0.5) is 10.2 Å². The molecular weight excluding hydrogens is 389 g/mol. The maximum Gasteiger partial charge on any atom is 0.310 e. The van der Waals surface area contributed by atoms with E-state index in [1.54, 1.807) is 23.5 Å². The Morgan fingerprint density at radius 2 is 1.97 bits per heavy atom. The molecule has 29 heavy (non-hydrogen) atoms. The van der Waals surface area contributed by atoms with Crippen LogP contribution < -0.4 is 5.73 Å². The van der Waals surface area contributed by atoms with Gasteiger partial charge in [0.15, 0.2) is 12.4 Å². The molecule has 0 spiro atoms. The fourth-order valence-electron chi connectivity index (χ4n) is 4.25. The van der Waals surface area contributed by atoms with Crippen molar-refractivity contribution in [2.75, 3.05) is 5.73 Å². The third-order valence-corrected chi connectivity index (χ3v) is 7.06. The zero-order valence-corrected chi connectivity index (χ0v) is 16.8. The van der Waals surface area contributed by atoms with Gasteiger partial charge < -0.3 is 10.5 Å². The average Bonchev–Trinajstić information content (AvgIpc) is 3.47. The fraction of sp³-hybridized carbons (Fsp3) is 0.409. The number of fused-ring (bicyclic) bond motifs is 3. The van der Waals surface area contributed by atoms with E-state index in [1.165, 1.54) is 41.8 Å². The second-order valence-electron chi connectivity index (χ2n) is 7.88. The van der Waals surface area contributed by atoms with Crippen LogP contribution in [0.1, 0.15) is 53.4 Å². The van der Waals surface area contributed by atoms with E-state index in [0.717, 1.165) is 35.0 Å². The van der Waals surface area contributed by atoms with Crippen molar-refractivity contribution in [3.05, 3.63) is 51.9 Å². The number of nitrogens with zero attached hydrogens (tertiary/aromatic N) is 2. The molecule has 2 aromatic heterocycles. The van der Waals surface area contributed by atoms with Crippen LogP contribution in [0.5, 0.6) is 0 Å². The minimum Gasteiger partial charge on any atom is -0.457 e. The molecule has 2 aliphatic rings. The molecule has 2 heterocycles. The topological polar surface area (TPSA) is 78.1 Å². The van der Waals surface area contributed by atoms with Crippen molar-refractivity contribution in [2.24, 2.45) is 5.92 Å². The first-order chi connectivity index (χ1) is 14.1. The molecule has 5 nitrogen and oxygen atoms in total. The van der Waals surface area contributed by atoms with E-state index >= 15 is 0 Å². The minimum atomic E-state index is -0.274. The van der Waals surface area contributed by atoms with Gasteiger partial charge in [-0.2, -0.15) is 0 Å². The second-order valence-corrected chi connectivity index (χ2v) is 8.96. The maximum absolute atomic E-state index is 13.1. The largest absolute Gasteiger partial charge is 0.457 e. The van der Waals surface area contributed by atoms with Gasteiger partial charge in [0.05, 0.1) is 11.3 Å². The zero-order valence-electron chi connectivity index (χ0n) is 16.0. The quantitative estimate of drug-likeness (QED) is 0.504. The zero-order chi connectivity index (χ0) is 20.0. The van der Waals surface area contributed by atoms with Crippen LogP contribution >= 0.6 is 11.3 Å². The smallest absolute Gasteiger partial charge is 0.310 e. The summed E-state index contributed by atoms with van der Waals surface area (Å²) < 4.78 is 18.5. The number of hydrogen-bond acceptors (Lipinski definition) is 6. The van der Waals surface area contributed by atoms with Gasteiger partial charge in [0, 0.05) is 4.88 Å².